The SMILES string of the molecule is Cc1cc(OCCOS(C)(=O)=O)cc(C)c1-c1ccc(OCC(=O)[O-])cc1. The Kier molecular flexibility index (Phi) is 6.81. The van der Waals surface area contributed by atoms with Crippen LogP contribution in [0.25, 0.3) is 11.1 Å². The molecular weight excluding hydrogens is 372 g/mol. The number of aliphatic carboxylic acids is 1. The van der Waals surface area contributed by atoms with Crippen molar-refractivity contribution in [1.82, 2.24) is 0 Å². The summed E-state index contributed by atoms with van der Waals surface area (Å²) in [6.45, 7) is 3.47. The fraction of sp³-hybridized carbons (Fsp3) is 0.316. The van der Waals surface area contributed by atoms with Crippen molar-refractivity contribution in [3.63, 3.8) is 0 Å². The number of rotatable bonds is 9. The van der Waals surface area contributed by atoms with E-state index in [1.165, 1.54) is 0 Å². The second-order valence-corrected chi connectivity index (χ2v) is 7.64. The summed E-state index contributed by atoms with van der Waals surface area (Å²) >= 11 is 0. The first-order valence-electron chi connectivity index (χ1n) is 8.17. The summed E-state index contributed by atoms with van der Waals surface area (Å²) in [7, 11) is -3.48. The second-order valence-electron chi connectivity index (χ2n) is 5.99. The quantitative estimate of drug-likeness (QED) is 0.469. The predicted octanol–water partition coefficient (Wildman–Crippen LogP) is 1.45. The zero-order valence-corrected chi connectivity index (χ0v) is 16.2. The summed E-state index contributed by atoms with van der Waals surface area (Å²) in [6.07, 6.45) is 0.991. The van der Waals surface area contributed by atoms with Crippen molar-refractivity contribution in [2.75, 3.05) is 26.1 Å². The molecule has 8 heteroatoms. The molecule has 0 fully saturated rings. The molecule has 0 saturated carbocycles. The van der Waals surface area contributed by atoms with Crippen LogP contribution in [0.2, 0.25) is 0 Å². The Morgan fingerprint density at radius 2 is 1.56 bits per heavy atom. The van der Waals surface area contributed by atoms with Crippen molar-refractivity contribution < 1.29 is 32.0 Å². The Morgan fingerprint density at radius 1 is 0.963 bits per heavy atom. The van der Waals surface area contributed by atoms with Crippen molar-refractivity contribution in [1.29, 1.82) is 0 Å². The molecule has 27 heavy (non-hydrogen) atoms. The molecule has 2 aromatic rings. The Morgan fingerprint density at radius 3 is 2.07 bits per heavy atom. The van der Waals surface area contributed by atoms with E-state index in [-0.39, 0.29) is 13.2 Å². The molecule has 0 radical (unpaired) electrons. The van der Waals surface area contributed by atoms with Gasteiger partial charge in [-0.05, 0) is 60.4 Å². The number of hydrogen-bond acceptors (Lipinski definition) is 7. The fourth-order valence-electron chi connectivity index (χ4n) is 2.67. The minimum absolute atomic E-state index is 0.0496. The molecule has 0 aromatic heterocycles. The van der Waals surface area contributed by atoms with E-state index >= 15 is 0 Å². The topological polar surface area (TPSA) is 102 Å². The van der Waals surface area contributed by atoms with Gasteiger partial charge in [0.05, 0.1) is 12.2 Å². The number of ether oxygens (including phenoxy) is 2. The summed E-state index contributed by atoms with van der Waals surface area (Å²) in [6, 6.07) is 10.8. The highest BCUT2D eigenvalue weighted by Crippen LogP contribution is 2.32. The zero-order chi connectivity index (χ0) is 20.0. The molecule has 0 aliphatic carbocycles. The summed E-state index contributed by atoms with van der Waals surface area (Å²) in [5, 5.41) is 10.4. The Labute approximate surface area is 158 Å². The number of benzene rings is 2. The molecule has 0 unspecified atom stereocenters. The smallest absolute Gasteiger partial charge is 0.264 e. The van der Waals surface area contributed by atoms with Crippen LogP contribution in [0, 0.1) is 13.8 Å². The van der Waals surface area contributed by atoms with Crippen LogP contribution in [0.5, 0.6) is 11.5 Å². The monoisotopic (exact) mass is 393 g/mol. The Balaban J connectivity index is 2.08. The van der Waals surface area contributed by atoms with Crippen LogP contribution >= 0.6 is 0 Å². The minimum Gasteiger partial charge on any atom is -0.546 e. The van der Waals surface area contributed by atoms with Crippen molar-refractivity contribution in [2.45, 2.75) is 13.8 Å². The molecule has 0 bridgehead atoms. The summed E-state index contributed by atoms with van der Waals surface area (Å²) in [4.78, 5) is 10.4. The number of carboxylic acids is 1. The van der Waals surface area contributed by atoms with Crippen molar-refractivity contribution in [3.05, 3.63) is 47.5 Å². The molecule has 0 spiro atoms. The van der Waals surface area contributed by atoms with Gasteiger partial charge in [-0.1, -0.05) is 12.1 Å². The van der Waals surface area contributed by atoms with E-state index in [0.29, 0.717) is 11.5 Å². The largest absolute Gasteiger partial charge is 0.546 e. The third kappa shape index (κ3) is 6.58. The van der Waals surface area contributed by atoms with Crippen LogP contribution in [-0.2, 0) is 19.1 Å². The highest BCUT2D eigenvalue weighted by atomic mass is 32.2. The first-order chi connectivity index (χ1) is 12.7. The average Bonchev–Trinajstić information content (AvgIpc) is 2.56. The van der Waals surface area contributed by atoms with Gasteiger partial charge in [-0.15, -0.1) is 0 Å². The third-order valence-corrected chi connectivity index (χ3v) is 4.25. The van der Waals surface area contributed by atoms with Gasteiger partial charge in [0.2, 0.25) is 0 Å². The van der Waals surface area contributed by atoms with E-state index in [1.54, 1.807) is 12.1 Å². The first-order valence-corrected chi connectivity index (χ1v) is 9.99. The van der Waals surface area contributed by atoms with Gasteiger partial charge in [-0.25, -0.2) is 0 Å². The molecule has 0 heterocycles. The molecule has 2 rings (SSSR count). The number of hydrogen-bond donors (Lipinski definition) is 0. The lowest BCUT2D eigenvalue weighted by atomic mass is 9.95. The Bertz CT molecular complexity index is 879. The molecular formula is C19H21O7S-. The van der Waals surface area contributed by atoms with E-state index in [2.05, 4.69) is 4.18 Å². The maximum atomic E-state index is 10.9. The molecule has 0 atom stereocenters. The normalized spacial score (nSPS) is 11.2. The van der Waals surface area contributed by atoms with Crippen LogP contribution in [-0.4, -0.2) is 40.5 Å². The van der Waals surface area contributed by atoms with Gasteiger partial charge >= 0.3 is 0 Å². The van der Waals surface area contributed by atoms with E-state index in [4.69, 9.17) is 9.47 Å². The maximum absolute atomic E-state index is 10.9. The van der Waals surface area contributed by atoms with Crippen LogP contribution in [0.15, 0.2) is 36.4 Å². The number of carboxylic acid groups (broad SMARTS) is 1. The van der Waals surface area contributed by atoms with E-state index < -0.39 is 22.7 Å². The molecule has 0 N–H and O–H groups in total. The summed E-state index contributed by atoms with van der Waals surface area (Å²) < 4.78 is 37.1. The van der Waals surface area contributed by atoms with E-state index in [9.17, 15) is 18.3 Å². The van der Waals surface area contributed by atoms with Gasteiger partial charge in [0, 0.05) is 0 Å². The molecule has 7 nitrogen and oxygen atoms in total. The van der Waals surface area contributed by atoms with Crippen LogP contribution < -0.4 is 14.6 Å². The third-order valence-electron chi connectivity index (χ3n) is 3.66. The number of carbonyl (C=O) groups is 1. The van der Waals surface area contributed by atoms with Gasteiger partial charge in [-0.2, -0.15) is 8.42 Å². The fourth-order valence-corrected chi connectivity index (χ4v) is 3.04. The maximum Gasteiger partial charge on any atom is 0.264 e. The van der Waals surface area contributed by atoms with E-state index in [0.717, 1.165) is 28.5 Å². The standard InChI is InChI=1S/C19H22O7S/c1-13-10-17(24-8-9-26-27(3,22)23)11-14(2)19(13)15-4-6-16(7-5-15)25-12-18(20)21/h4-7,10-11H,8-9,12H2,1-3H3,(H,20,21)/p-1. The second kappa shape index (κ2) is 8.88. The zero-order valence-electron chi connectivity index (χ0n) is 15.4. The van der Waals surface area contributed by atoms with Crippen LogP contribution in [0.1, 0.15) is 11.1 Å². The van der Waals surface area contributed by atoms with E-state index in [1.807, 2.05) is 38.1 Å². The predicted molar refractivity (Wildman–Crippen MR) is 98.1 cm³/mol. The Hall–Kier alpha value is -2.58. The molecule has 0 aliphatic heterocycles. The molecule has 0 aliphatic rings. The van der Waals surface area contributed by atoms with Crippen molar-refractivity contribution in [3.8, 4) is 22.6 Å². The number of aryl methyl sites for hydroxylation is 2. The number of carbonyl (C=O) groups excluding carboxylic acids is 1. The molecule has 2 aromatic carbocycles. The minimum atomic E-state index is -3.48. The summed E-state index contributed by atoms with van der Waals surface area (Å²) in [5.41, 5.74) is 3.95. The first kappa shape index (κ1) is 20.7. The average molecular weight is 393 g/mol. The molecule has 146 valence electrons. The van der Waals surface area contributed by atoms with Crippen molar-refractivity contribution in [2.24, 2.45) is 0 Å². The molecule has 0 saturated heterocycles. The lowest BCUT2D eigenvalue weighted by molar-refractivity contribution is -0.307. The van der Waals surface area contributed by atoms with Crippen LogP contribution in [0.4, 0.5) is 0 Å². The lowest BCUT2D eigenvalue weighted by Crippen LogP contribution is -2.28. The van der Waals surface area contributed by atoms with Gasteiger partial charge in [0.15, 0.2) is 0 Å². The van der Waals surface area contributed by atoms with Crippen LogP contribution in [0.3, 0.4) is 0 Å². The van der Waals surface area contributed by atoms with Gasteiger partial charge in [0.1, 0.15) is 31.3 Å². The molecule has 0 amide bonds. The van der Waals surface area contributed by atoms with Crippen molar-refractivity contribution >= 4 is 16.1 Å². The van der Waals surface area contributed by atoms with Gasteiger partial charge in [-0.3, -0.25) is 4.18 Å². The summed E-state index contributed by atoms with van der Waals surface area (Å²) in [5.74, 6) is -0.202. The van der Waals surface area contributed by atoms with Gasteiger partial charge < -0.3 is 19.4 Å². The van der Waals surface area contributed by atoms with Gasteiger partial charge in [0.25, 0.3) is 10.1 Å². The highest BCUT2D eigenvalue weighted by Gasteiger charge is 2.09. The lowest BCUT2D eigenvalue weighted by Gasteiger charge is -2.14. The highest BCUT2D eigenvalue weighted by molar-refractivity contribution is 7.85.